The lowest BCUT2D eigenvalue weighted by molar-refractivity contribution is -0.165. The van der Waals surface area contributed by atoms with Crippen LogP contribution in [-0.4, -0.2) is 22.8 Å². The minimum absolute atomic E-state index is 0.158. The van der Waals surface area contributed by atoms with E-state index in [1.54, 1.807) is 0 Å². The van der Waals surface area contributed by atoms with E-state index in [0.29, 0.717) is 18.3 Å². The van der Waals surface area contributed by atoms with Crippen molar-refractivity contribution in [2.75, 3.05) is 0 Å². The quantitative estimate of drug-likeness (QED) is 0.554. The highest BCUT2D eigenvalue weighted by molar-refractivity contribution is 5.97. The number of rotatable bonds is 5. The van der Waals surface area contributed by atoms with E-state index >= 15 is 0 Å². The van der Waals surface area contributed by atoms with Crippen LogP contribution in [0.1, 0.15) is 21.7 Å². The van der Waals surface area contributed by atoms with Crippen LogP contribution in [0, 0.1) is 0 Å². The van der Waals surface area contributed by atoms with Gasteiger partial charge in [0, 0.05) is 17.8 Å². The maximum atomic E-state index is 12.6. The van der Waals surface area contributed by atoms with Crippen molar-refractivity contribution in [1.82, 2.24) is 4.90 Å². The number of halogens is 6. The summed E-state index contributed by atoms with van der Waals surface area (Å²) < 4.78 is 79.8. The van der Waals surface area contributed by atoms with Crippen LogP contribution < -0.4 is 0 Å². The Bertz CT molecular complexity index is 820. The number of alkyl halides is 6. The Kier molecular flexibility index (Phi) is 5.77. The number of benzene rings is 1. The van der Waals surface area contributed by atoms with Gasteiger partial charge in [0.15, 0.2) is 0 Å². The van der Waals surface area contributed by atoms with Gasteiger partial charge in [-0.05, 0) is 36.4 Å². The lowest BCUT2D eigenvalue weighted by atomic mass is 10.1. The molecular weight excluding hydrogens is 380 g/mol. The van der Waals surface area contributed by atoms with E-state index in [4.69, 9.17) is 4.42 Å². The SMILES string of the molecule is O=C(c1ccc(C(F)(F)F)cc1)N(C=CC(=O)C(F)(F)F)Cc1ccco1. The molecule has 0 fully saturated rings. The van der Waals surface area contributed by atoms with Gasteiger partial charge in [-0.3, -0.25) is 9.59 Å². The van der Waals surface area contributed by atoms with Gasteiger partial charge in [-0.1, -0.05) is 0 Å². The van der Waals surface area contributed by atoms with Gasteiger partial charge in [-0.25, -0.2) is 0 Å². The first-order valence-corrected chi connectivity index (χ1v) is 7.28. The zero-order chi connectivity index (χ0) is 20.2. The first kappa shape index (κ1) is 20.3. The van der Waals surface area contributed by atoms with Crippen molar-refractivity contribution in [2.45, 2.75) is 18.9 Å². The van der Waals surface area contributed by atoms with Gasteiger partial charge in [0.05, 0.1) is 18.4 Å². The third kappa shape index (κ3) is 5.47. The summed E-state index contributed by atoms with van der Waals surface area (Å²) in [5.41, 5.74) is -1.20. The lowest BCUT2D eigenvalue weighted by Gasteiger charge is -2.18. The number of nitrogens with zero attached hydrogens (tertiary/aromatic N) is 1. The Morgan fingerprint density at radius 3 is 2.11 bits per heavy atom. The minimum Gasteiger partial charge on any atom is -0.467 e. The average Bonchev–Trinajstić information content (AvgIpc) is 3.09. The van der Waals surface area contributed by atoms with Gasteiger partial charge in [0.2, 0.25) is 0 Å². The third-order valence-electron chi connectivity index (χ3n) is 3.31. The van der Waals surface area contributed by atoms with E-state index in [1.165, 1.54) is 18.4 Å². The molecule has 0 unspecified atom stereocenters. The molecule has 1 amide bonds. The Hall–Kier alpha value is -3.04. The first-order chi connectivity index (χ1) is 12.5. The van der Waals surface area contributed by atoms with Crippen molar-refractivity contribution < 1.29 is 40.3 Å². The molecule has 0 spiro atoms. The Morgan fingerprint density at radius 1 is 1.00 bits per heavy atom. The molecule has 0 saturated heterocycles. The van der Waals surface area contributed by atoms with Crippen molar-refractivity contribution >= 4 is 11.7 Å². The molecule has 2 aromatic rings. The second-order valence-electron chi connectivity index (χ2n) is 5.27. The molecule has 2 rings (SSSR count). The molecule has 144 valence electrons. The van der Waals surface area contributed by atoms with Crippen LogP contribution in [0.25, 0.3) is 0 Å². The van der Waals surface area contributed by atoms with Crippen LogP contribution in [0.15, 0.2) is 59.4 Å². The first-order valence-electron chi connectivity index (χ1n) is 7.28. The van der Waals surface area contributed by atoms with Gasteiger partial charge in [-0.2, -0.15) is 26.3 Å². The Balaban J connectivity index is 2.27. The van der Waals surface area contributed by atoms with Crippen LogP contribution in [0.3, 0.4) is 0 Å². The number of ketones is 1. The molecule has 1 aromatic heterocycles. The Labute approximate surface area is 148 Å². The summed E-state index contributed by atoms with van der Waals surface area (Å²) in [6.45, 7) is -0.325. The molecule has 0 radical (unpaired) electrons. The summed E-state index contributed by atoms with van der Waals surface area (Å²) in [5.74, 6) is -2.90. The summed E-state index contributed by atoms with van der Waals surface area (Å²) in [7, 11) is 0. The molecule has 0 aliphatic heterocycles. The molecule has 0 aliphatic rings. The zero-order valence-electron chi connectivity index (χ0n) is 13.3. The van der Waals surface area contributed by atoms with E-state index in [9.17, 15) is 35.9 Å². The molecular formula is C17H11F6NO3. The predicted octanol–water partition coefficient (Wildman–Crippen LogP) is 4.59. The van der Waals surface area contributed by atoms with E-state index in [1.807, 2.05) is 0 Å². The van der Waals surface area contributed by atoms with Crippen molar-refractivity contribution in [1.29, 1.82) is 0 Å². The highest BCUT2D eigenvalue weighted by Gasteiger charge is 2.36. The highest BCUT2D eigenvalue weighted by Crippen LogP contribution is 2.29. The van der Waals surface area contributed by atoms with Crippen molar-refractivity contribution in [2.24, 2.45) is 0 Å². The summed E-state index contributed by atoms with van der Waals surface area (Å²) in [4.78, 5) is 24.2. The van der Waals surface area contributed by atoms with E-state index < -0.39 is 29.6 Å². The smallest absolute Gasteiger partial charge is 0.454 e. The van der Waals surface area contributed by atoms with Gasteiger partial charge in [0.25, 0.3) is 11.7 Å². The fourth-order valence-corrected chi connectivity index (χ4v) is 1.98. The molecule has 4 nitrogen and oxygen atoms in total. The van der Waals surface area contributed by atoms with E-state index in [-0.39, 0.29) is 23.9 Å². The molecule has 10 heteroatoms. The second-order valence-corrected chi connectivity index (χ2v) is 5.27. The molecule has 27 heavy (non-hydrogen) atoms. The maximum Gasteiger partial charge on any atom is 0.454 e. The highest BCUT2D eigenvalue weighted by atomic mass is 19.4. The number of furan rings is 1. The van der Waals surface area contributed by atoms with Crippen molar-refractivity contribution in [3.05, 3.63) is 71.8 Å². The second kappa shape index (κ2) is 7.68. The molecule has 0 N–H and O–H groups in total. The summed E-state index contributed by atoms with van der Waals surface area (Å²) >= 11 is 0. The number of carbonyl (C=O) groups is 2. The molecule has 1 aromatic carbocycles. The van der Waals surface area contributed by atoms with E-state index in [0.717, 1.165) is 17.0 Å². The molecule has 1 heterocycles. The predicted molar refractivity (Wildman–Crippen MR) is 80.2 cm³/mol. The largest absolute Gasteiger partial charge is 0.467 e. The number of amides is 1. The van der Waals surface area contributed by atoms with Crippen LogP contribution in [0.5, 0.6) is 0 Å². The Morgan fingerprint density at radius 2 is 1.63 bits per heavy atom. The number of hydrogen-bond donors (Lipinski definition) is 0. The summed E-state index contributed by atoms with van der Waals surface area (Å²) in [5, 5.41) is 0. The number of carbonyl (C=O) groups excluding carboxylic acids is 2. The van der Waals surface area contributed by atoms with Gasteiger partial charge in [-0.15, -0.1) is 0 Å². The molecule has 0 bridgehead atoms. The monoisotopic (exact) mass is 391 g/mol. The standard InChI is InChI=1S/C17H11F6NO3/c18-16(19,20)12-5-3-11(4-6-12)15(26)24(10-13-2-1-9-27-13)8-7-14(25)17(21,22)23/h1-9H,10H2. The van der Waals surface area contributed by atoms with Gasteiger partial charge in [0.1, 0.15) is 5.76 Å². The molecule has 0 aliphatic carbocycles. The van der Waals surface area contributed by atoms with Crippen LogP contribution in [0.2, 0.25) is 0 Å². The lowest BCUT2D eigenvalue weighted by Crippen LogP contribution is -2.27. The van der Waals surface area contributed by atoms with Gasteiger partial charge < -0.3 is 9.32 Å². The van der Waals surface area contributed by atoms with Gasteiger partial charge >= 0.3 is 12.4 Å². The number of hydrogen-bond acceptors (Lipinski definition) is 3. The third-order valence-corrected chi connectivity index (χ3v) is 3.31. The fraction of sp³-hybridized carbons (Fsp3) is 0.176. The zero-order valence-corrected chi connectivity index (χ0v) is 13.3. The topological polar surface area (TPSA) is 50.5 Å². The normalized spacial score (nSPS) is 12.4. The molecule has 0 saturated carbocycles. The van der Waals surface area contributed by atoms with Crippen LogP contribution >= 0.6 is 0 Å². The number of allylic oxidation sites excluding steroid dienone is 1. The average molecular weight is 391 g/mol. The van der Waals surface area contributed by atoms with Crippen LogP contribution in [-0.2, 0) is 17.5 Å². The maximum absolute atomic E-state index is 12.6. The van der Waals surface area contributed by atoms with E-state index in [2.05, 4.69) is 0 Å². The summed E-state index contributed by atoms with van der Waals surface area (Å²) in [6.07, 6.45) is -7.69. The fourth-order valence-electron chi connectivity index (χ4n) is 1.98. The minimum atomic E-state index is -5.12. The van der Waals surface area contributed by atoms with Crippen molar-refractivity contribution in [3.63, 3.8) is 0 Å². The van der Waals surface area contributed by atoms with Crippen molar-refractivity contribution in [3.8, 4) is 0 Å². The summed E-state index contributed by atoms with van der Waals surface area (Å²) in [6, 6.07) is 6.03. The molecule has 0 atom stereocenters. The van der Waals surface area contributed by atoms with Crippen LogP contribution in [0.4, 0.5) is 26.3 Å².